The molecule has 6 heteroatoms. The summed E-state index contributed by atoms with van der Waals surface area (Å²) in [6.07, 6.45) is 4.68. The van der Waals surface area contributed by atoms with E-state index < -0.39 is 0 Å². The maximum Gasteiger partial charge on any atom is 0.255 e. The van der Waals surface area contributed by atoms with Gasteiger partial charge in [-0.05, 0) is 19.1 Å². The number of carbonyl (C=O) groups excluding carboxylic acids is 1. The summed E-state index contributed by atoms with van der Waals surface area (Å²) >= 11 is 0. The summed E-state index contributed by atoms with van der Waals surface area (Å²) in [5.74, 6) is 0.483. The lowest BCUT2D eigenvalue weighted by molar-refractivity contribution is 0.0933. The molecule has 0 fully saturated rings. The van der Waals surface area contributed by atoms with Crippen molar-refractivity contribution in [3.8, 4) is 17.0 Å². The van der Waals surface area contributed by atoms with Crippen LogP contribution in [0.4, 0.5) is 0 Å². The van der Waals surface area contributed by atoms with E-state index in [1.807, 2.05) is 43.3 Å². The summed E-state index contributed by atoms with van der Waals surface area (Å²) in [5, 5.41) is 9.74. The molecule has 2 aromatic heterocycles. The van der Waals surface area contributed by atoms with Crippen LogP contribution in [0.3, 0.4) is 0 Å². The van der Waals surface area contributed by atoms with Crippen LogP contribution in [0.1, 0.15) is 17.3 Å². The predicted molar refractivity (Wildman–Crippen MR) is 90.7 cm³/mol. The van der Waals surface area contributed by atoms with Crippen molar-refractivity contribution in [2.45, 2.75) is 13.0 Å². The summed E-state index contributed by atoms with van der Waals surface area (Å²) in [4.78, 5) is 16.4. The van der Waals surface area contributed by atoms with E-state index in [4.69, 9.17) is 4.74 Å². The van der Waals surface area contributed by atoms with E-state index in [-0.39, 0.29) is 12.0 Å². The van der Waals surface area contributed by atoms with Crippen molar-refractivity contribution in [2.24, 2.45) is 0 Å². The monoisotopic (exact) mass is 322 g/mol. The molecule has 0 aliphatic carbocycles. The molecule has 0 saturated heterocycles. The smallest absolute Gasteiger partial charge is 0.255 e. The average molecular weight is 322 g/mol. The zero-order chi connectivity index (χ0) is 16.8. The standard InChI is InChI=1S/C18H18N4O2/c1-13(24-15-8-5-9-19-11-15)10-20-18(23)16-12-21-22-17(16)14-6-3-2-4-7-14/h2-9,11-13H,10H2,1H3,(H,20,23)(H,21,22). The normalized spacial score (nSPS) is 11.7. The van der Waals surface area contributed by atoms with E-state index in [1.165, 1.54) is 6.20 Å². The summed E-state index contributed by atoms with van der Waals surface area (Å²) in [6.45, 7) is 2.27. The van der Waals surface area contributed by atoms with Crippen LogP contribution in [0.5, 0.6) is 5.75 Å². The number of aromatic amines is 1. The van der Waals surface area contributed by atoms with E-state index in [1.54, 1.807) is 18.5 Å². The number of benzene rings is 1. The van der Waals surface area contributed by atoms with Gasteiger partial charge in [-0.3, -0.25) is 14.9 Å². The molecule has 0 saturated carbocycles. The van der Waals surface area contributed by atoms with Crippen LogP contribution in [0.25, 0.3) is 11.3 Å². The van der Waals surface area contributed by atoms with Gasteiger partial charge in [0.05, 0.1) is 30.2 Å². The molecular weight excluding hydrogens is 304 g/mol. The Balaban J connectivity index is 1.61. The second-order valence-electron chi connectivity index (χ2n) is 5.35. The highest BCUT2D eigenvalue weighted by atomic mass is 16.5. The third-order valence-corrected chi connectivity index (χ3v) is 3.47. The van der Waals surface area contributed by atoms with Gasteiger partial charge in [0.15, 0.2) is 0 Å². The fraction of sp³-hybridized carbons (Fsp3) is 0.167. The first-order chi connectivity index (χ1) is 11.7. The molecule has 0 aliphatic rings. The van der Waals surface area contributed by atoms with Gasteiger partial charge < -0.3 is 10.1 Å². The number of rotatable bonds is 6. The Morgan fingerprint density at radius 3 is 2.79 bits per heavy atom. The number of nitrogens with one attached hydrogen (secondary N) is 2. The Morgan fingerprint density at radius 1 is 1.21 bits per heavy atom. The number of ether oxygens (including phenoxy) is 1. The number of pyridine rings is 1. The molecule has 0 spiro atoms. The van der Waals surface area contributed by atoms with Crippen molar-refractivity contribution < 1.29 is 9.53 Å². The van der Waals surface area contributed by atoms with Crippen LogP contribution in [0.15, 0.2) is 61.1 Å². The van der Waals surface area contributed by atoms with Gasteiger partial charge in [-0.15, -0.1) is 0 Å². The Kier molecular flexibility index (Phi) is 4.86. The maximum atomic E-state index is 12.4. The molecule has 3 rings (SSSR count). The van der Waals surface area contributed by atoms with Crippen LogP contribution in [0, 0.1) is 0 Å². The number of hydrogen-bond donors (Lipinski definition) is 2. The SMILES string of the molecule is CC(CNC(=O)c1cn[nH]c1-c1ccccc1)Oc1cccnc1. The summed E-state index contributed by atoms with van der Waals surface area (Å²) < 4.78 is 5.70. The van der Waals surface area contributed by atoms with Gasteiger partial charge in [-0.1, -0.05) is 30.3 Å². The fourth-order valence-electron chi connectivity index (χ4n) is 2.31. The molecule has 1 atom stereocenters. The highest BCUT2D eigenvalue weighted by Crippen LogP contribution is 2.20. The molecule has 6 nitrogen and oxygen atoms in total. The van der Waals surface area contributed by atoms with Crippen molar-refractivity contribution in [3.05, 3.63) is 66.6 Å². The Labute approximate surface area is 139 Å². The molecule has 0 radical (unpaired) electrons. The maximum absolute atomic E-state index is 12.4. The molecule has 1 amide bonds. The molecule has 0 aliphatic heterocycles. The third kappa shape index (κ3) is 3.78. The van der Waals surface area contributed by atoms with Crippen LogP contribution in [-0.2, 0) is 0 Å². The molecule has 1 aromatic carbocycles. The lowest BCUT2D eigenvalue weighted by Crippen LogP contribution is -2.33. The largest absolute Gasteiger partial charge is 0.487 e. The van der Waals surface area contributed by atoms with Crippen molar-refractivity contribution >= 4 is 5.91 Å². The minimum Gasteiger partial charge on any atom is -0.487 e. The first-order valence-corrected chi connectivity index (χ1v) is 7.67. The summed E-state index contributed by atoms with van der Waals surface area (Å²) in [7, 11) is 0. The van der Waals surface area contributed by atoms with E-state index in [2.05, 4.69) is 20.5 Å². The number of H-pyrrole nitrogens is 1. The number of aromatic nitrogens is 3. The second kappa shape index (κ2) is 7.41. The zero-order valence-corrected chi connectivity index (χ0v) is 13.3. The van der Waals surface area contributed by atoms with Crippen molar-refractivity contribution in [1.29, 1.82) is 0 Å². The Hall–Kier alpha value is -3.15. The molecule has 0 bridgehead atoms. The molecule has 2 N–H and O–H groups in total. The highest BCUT2D eigenvalue weighted by molar-refractivity contribution is 5.99. The van der Waals surface area contributed by atoms with Crippen LogP contribution in [0.2, 0.25) is 0 Å². The first-order valence-electron chi connectivity index (χ1n) is 7.67. The highest BCUT2D eigenvalue weighted by Gasteiger charge is 2.16. The van der Waals surface area contributed by atoms with E-state index in [0.29, 0.717) is 23.6 Å². The molecule has 24 heavy (non-hydrogen) atoms. The Morgan fingerprint density at radius 2 is 2.04 bits per heavy atom. The molecule has 122 valence electrons. The van der Waals surface area contributed by atoms with E-state index in [9.17, 15) is 4.79 Å². The Bertz CT molecular complexity index is 787. The quantitative estimate of drug-likeness (QED) is 0.731. The molecule has 2 heterocycles. The number of carbonyl (C=O) groups is 1. The minimum atomic E-state index is -0.191. The first kappa shape index (κ1) is 15.7. The number of hydrogen-bond acceptors (Lipinski definition) is 4. The topological polar surface area (TPSA) is 79.9 Å². The third-order valence-electron chi connectivity index (χ3n) is 3.47. The molecule has 3 aromatic rings. The van der Waals surface area contributed by atoms with Gasteiger partial charge in [0.25, 0.3) is 5.91 Å². The average Bonchev–Trinajstić information content (AvgIpc) is 3.11. The number of nitrogens with zero attached hydrogens (tertiary/aromatic N) is 2. The second-order valence-corrected chi connectivity index (χ2v) is 5.35. The number of amides is 1. The zero-order valence-electron chi connectivity index (χ0n) is 13.3. The van der Waals surface area contributed by atoms with E-state index >= 15 is 0 Å². The van der Waals surface area contributed by atoms with Crippen molar-refractivity contribution in [1.82, 2.24) is 20.5 Å². The van der Waals surface area contributed by atoms with Crippen LogP contribution in [-0.4, -0.2) is 33.7 Å². The summed E-state index contributed by atoms with van der Waals surface area (Å²) in [5.41, 5.74) is 2.13. The van der Waals surface area contributed by atoms with Crippen LogP contribution >= 0.6 is 0 Å². The van der Waals surface area contributed by atoms with Crippen molar-refractivity contribution in [2.75, 3.05) is 6.54 Å². The van der Waals surface area contributed by atoms with Crippen molar-refractivity contribution in [3.63, 3.8) is 0 Å². The van der Waals surface area contributed by atoms with Gasteiger partial charge in [-0.25, -0.2) is 0 Å². The van der Waals surface area contributed by atoms with Gasteiger partial charge >= 0.3 is 0 Å². The van der Waals surface area contributed by atoms with Gasteiger partial charge in [0.1, 0.15) is 11.9 Å². The van der Waals surface area contributed by atoms with Crippen LogP contribution < -0.4 is 10.1 Å². The summed E-state index contributed by atoms with van der Waals surface area (Å²) in [6, 6.07) is 13.3. The van der Waals surface area contributed by atoms with Gasteiger partial charge in [-0.2, -0.15) is 5.10 Å². The fourth-order valence-corrected chi connectivity index (χ4v) is 2.31. The van der Waals surface area contributed by atoms with Gasteiger partial charge in [0, 0.05) is 11.8 Å². The molecule has 1 unspecified atom stereocenters. The lowest BCUT2D eigenvalue weighted by atomic mass is 10.1. The van der Waals surface area contributed by atoms with Gasteiger partial charge in [0.2, 0.25) is 0 Å². The van der Waals surface area contributed by atoms with E-state index in [0.717, 1.165) is 5.56 Å². The molecular formula is C18H18N4O2. The lowest BCUT2D eigenvalue weighted by Gasteiger charge is -2.15. The predicted octanol–water partition coefficient (Wildman–Crippen LogP) is 2.67. The minimum absolute atomic E-state index is 0.176.